The Kier molecular flexibility index (Phi) is 4.65. The summed E-state index contributed by atoms with van der Waals surface area (Å²) in [5, 5.41) is 5.77. The first-order chi connectivity index (χ1) is 8.87. The molecule has 19 heavy (non-hydrogen) atoms. The Hall–Kier alpha value is -0.433. The van der Waals surface area contributed by atoms with E-state index in [0.29, 0.717) is 11.9 Å². The number of pyridine rings is 1. The minimum atomic E-state index is -1.05. The fraction of sp³-hybridized carbons (Fsp3) is 0.500. The van der Waals surface area contributed by atoms with E-state index in [-0.39, 0.29) is 0 Å². The van der Waals surface area contributed by atoms with Crippen molar-refractivity contribution in [1.82, 2.24) is 14.8 Å². The van der Waals surface area contributed by atoms with Gasteiger partial charge in [-0.3, -0.25) is 0 Å². The first-order valence-electron chi connectivity index (χ1n) is 6.13. The summed E-state index contributed by atoms with van der Waals surface area (Å²) in [4.78, 5) is 4.29. The second-order valence-corrected chi connectivity index (χ2v) is 12.4. The molecule has 0 radical (unpaired) electrons. The molecule has 0 unspecified atom stereocenters. The zero-order valence-corrected chi connectivity index (χ0v) is 14.6. The lowest BCUT2D eigenvalue weighted by atomic mass is 10.4. The Morgan fingerprint density at radius 1 is 1.37 bits per heavy atom. The minimum absolute atomic E-state index is 0.403. The fourth-order valence-corrected chi connectivity index (χ4v) is 3.01. The Balaban J connectivity index is 2.07. The van der Waals surface area contributed by atoms with Gasteiger partial charge in [-0.15, -0.1) is 0 Å². The molecule has 2 aromatic heterocycles. The minimum Gasteiger partial charge on any atom is -0.359 e. The molecule has 0 aliphatic carbocycles. The van der Waals surface area contributed by atoms with Gasteiger partial charge < -0.3 is 4.74 Å². The highest BCUT2D eigenvalue weighted by atomic mass is 79.9. The molecule has 2 rings (SSSR count). The quantitative estimate of drug-likeness (QED) is 0.455. The maximum atomic E-state index is 5.92. The molecule has 0 aliphatic rings. The maximum absolute atomic E-state index is 5.92. The van der Waals surface area contributed by atoms with Crippen LogP contribution < -0.4 is 0 Å². The summed E-state index contributed by atoms with van der Waals surface area (Å²) in [5.41, 5.74) is 0.743. The van der Waals surface area contributed by atoms with E-state index in [4.69, 9.17) is 16.3 Å². The molecule has 104 valence electrons. The van der Waals surface area contributed by atoms with Crippen molar-refractivity contribution in [3.8, 4) is 0 Å². The highest BCUT2D eigenvalue weighted by molar-refractivity contribution is 9.10. The van der Waals surface area contributed by atoms with Crippen LogP contribution in [0.1, 0.15) is 0 Å². The third-order valence-electron chi connectivity index (χ3n) is 2.73. The van der Waals surface area contributed by atoms with Crippen LogP contribution in [-0.4, -0.2) is 29.4 Å². The highest BCUT2D eigenvalue weighted by Gasteiger charge is 2.13. The molecule has 0 spiro atoms. The van der Waals surface area contributed by atoms with Crippen LogP contribution in [0.3, 0.4) is 0 Å². The third-order valence-corrected chi connectivity index (χ3v) is 5.23. The third kappa shape index (κ3) is 4.01. The van der Waals surface area contributed by atoms with Crippen molar-refractivity contribution in [2.75, 3.05) is 6.61 Å². The summed E-state index contributed by atoms with van der Waals surface area (Å²) in [6, 6.07) is 4.80. The summed E-state index contributed by atoms with van der Waals surface area (Å²) in [7, 11) is -1.05. The summed E-state index contributed by atoms with van der Waals surface area (Å²) >= 11 is 9.34. The molecule has 0 atom stereocenters. The summed E-state index contributed by atoms with van der Waals surface area (Å²) in [6.45, 7) is 8.15. The lowest BCUT2D eigenvalue weighted by Crippen LogP contribution is -2.22. The molecule has 0 N–H and O–H groups in total. The maximum Gasteiger partial charge on any atom is 0.163 e. The molecule has 4 nitrogen and oxygen atoms in total. The van der Waals surface area contributed by atoms with Gasteiger partial charge in [0, 0.05) is 14.7 Å². The largest absolute Gasteiger partial charge is 0.359 e. The van der Waals surface area contributed by atoms with E-state index in [1.54, 1.807) is 10.7 Å². The number of aromatic nitrogens is 3. The topological polar surface area (TPSA) is 39.9 Å². The lowest BCUT2D eigenvalue weighted by molar-refractivity contribution is 0.0810. The van der Waals surface area contributed by atoms with Crippen molar-refractivity contribution >= 4 is 46.6 Å². The smallest absolute Gasteiger partial charge is 0.163 e. The van der Waals surface area contributed by atoms with Crippen LogP contribution in [0.5, 0.6) is 0 Å². The molecule has 0 aromatic carbocycles. The molecule has 2 heterocycles. The van der Waals surface area contributed by atoms with Gasteiger partial charge in [0.25, 0.3) is 0 Å². The monoisotopic (exact) mass is 361 g/mol. The Bertz CT molecular complexity index is 582. The van der Waals surface area contributed by atoms with Crippen molar-refractivity contribution in [2.24, 2.45) is 0 Å². The number of ether oxygens (including phenoxy) is 1. The average Bonchev–Trinajstić information content (AvgIpc) is 2.60. The first kappa shape index (κ1) is 15.0. The SMILES string of the molecule is C[Si](C)(C)CCOCn1nc(Br)c2ccc(Cl)nc21. The normalized spacial score (nSPS) is 12.3. The van der Waals surface area contributed by atoms with Crippen LogP contribution >= 0.6 is 27.5 Å². The molecule has 0 saturated heterocycles. The van der Waals surface area contributed by atoms with E-state index < -0.39 is 8.07 Å². The van der Waals surface area contributed by atoms with Gasteiger partial charge in [0.05, 0.1) is 5.39 Å². The standard InChI is InChI=1S/C12H17BrClN3OSi/c1-19(2,3)7-6-18-8-17-12-9(11(13)16-17)4-5-10(14)15-12/h4-5H,6-8H2,1-3H3. The number of rotatable bonds is 5. The van der Waals surface area contributed by atoms with Crippen molar-refractivity contribution in [1.29, 1.82) is 0 Å². The number of halogens is 2. The Morgan fingerprint density at radius 2 is 2.11 bits per heavy atom. The van der Waals surface area contributed by atoms with Crippen molar-refractivity contribution in [3.63, 3.8) is 0 Å². The van der Waals surface area contributed by atoms with Gasteiger partial charge in [0.2, 0.25) is 0 Å². The van der Waals surface area contributed by atoms with Gasteiger partial charge in [0.1, 0.15) is 16.5 Å². The van der Waals surface area contributed by atoms with E-state index in [1.165, 1.54) is 0 Å². The molecule has 0 aliphatic heterocycles. The van der Waals surface area contributed by atoms with Crippen LogP contribution in [0.15, 0.2) is 16.7 Å². The molecule has 2 aromatic rings. The van der Waals surface area contributed by atoms with Crippen LogP contribution in [0.2, 0.25) is 30.8 Å². The molecule has 0 bridgehead atoms. The predicted molar refractivity (Wildman–Crippen MR) is 84.3 cm³/mol. The summed E-state index contributed by atoms with van der Waals surface area (Å²) in [6.07, 6.45) is 0. The second-order valence-electron chi connectivity index (χ2n) is 5.64. The van der Waals surface area contributed by atoms with E-state index in [0.717, 1.165) is 28.3 Å². The highest BCUT2D eigenvalue weighted by Crippen LogP contribution is 2.23. The zero-order valence-electron chi connectivity index (χ0n) is 11.3. The van der Waals surface area contributed by atoms with Gasteiger partial charge in [-0.2, -0.15) is 5.10 Å². The fourth-order valence-electron chi connectivity index (χ4n) is 1.61. The second kappa shape index (κ2) is 5.91. The van der Waals surface area contributed by atoms with Crippen molar-refractivity contribution < 1.29 is 4.74 Å². The Labute approximate surface area is 127 Å². The van der Waals surface area contributed by atoms with Gasteiger partial charge >= 0.3 is 0 Å². The molecular formula is C12H17BrClN3OSi. The van der Waals surface area contributed by atoms with E-state index in [1.807, 2.05) is 6.07 Å². The van der Waals surface area contributed by atoms with Crippen LogP contribution in [0.25, 0.3) is 11.0 Å². The van der Waals surface area contributed by atoms with Gasteiger partial charge in [-0.05, 0) is 34.1 Å². The van der Waals surface area contributed by atoms with E-state index in [2.05, 4.69) is 45.7 Å². The first-order valence-corrected chi connectivity index (χ1v) is 11.0. The average molecular weight is 363 g/mol. The number of hydrogen-bond donors (Lipinski definition) is 0. The number of nitrogens with zero attached hydrogens (tertiary/aromatic N) is 3. The molecule has 7 heteroatoms. The molecule has 0 saturated carbocycles. The van der Waals surface area contributed by atoms with E-state index >= 15 is 0 Å². The van der Waals surface area contributed by atoms with Gasteiger partial charge in [0.15, 0.2) is 5.65 Å². The van der Waals surface area contributed by atoms with Crippen molar-refractivity contribution in [3.05, 3.63) is 21.9 Å². The summed E-state index contributed by atoms with van der Waals surface area (Å²) in [5.74, 6) is 0. The van der Waals surface area contributed by atoms with E-state index in [9.17, 15) is 0 Å². The number of fused-ring (bicyclic) bond motifs is 1. The summed E-state index contributed by atoms with van der Waals surface area (Å²) < 4.78 is 8.18. The van der Waals surface area contributed by atoms with Crippen LogP contribution in [-0.2, 0) is 11.5 Å². The molecule has 0 amide bonds. The molecule has 0 fully saturated rings. The molecular weight excluding hydrogens is 346 g/mol. The predicted octanol–water partition coefficient (Wildman–Crippen LogP) is 4.16. The lowest BCUT2D eigenvalue weighted by Gasteiger charge is -2.15. The van der Waals surface area contributed by atoms with Crippen LogP contribution in [0, 0.1) is 0 Å². The van der Waals surface area contributed by atoms with Crippen molar-refractivity contribution in [2.45, 2.75) is 32.4 Å². The zero-order chi connectivity index (χ0) is 14.0. The number of hydrogen-bond acceptors (Lipinski definition) is 3. The Morgan fingerprint density at radius 3 is 2.79 bits per heavy atom. The van der Waals surface area contributed by atoms with Gasteiger partial charge in [-0.1, -0.05) is 31.2 Å². The van der Waals surface area contributed by atoms with Gasteiger partial charge in [-0.25, -0.2) is 9.67 Å². The van der Waals surface area contributed by atoms with Crippen LogP contribution in [0.4, 0.5) is 0 Å².